The third kappa shape index (κ3) is 5.23. The maximum atomic E-state index is 12.6. The molecule has 0 spiro atoms. The highest BCUT2D eigenvalue weighted by Gasteiger charge is 2.37. The van der Waals surface area contributed by atoms with E-state index in [2.05, 4.69) is 15.5 Å². The van der Waals surface area contributed by atoms with Crippen LogP contribution in [0.25, 0.3) is 0 Å². The molecule has 3 N–H and O–H groups in total. The number of hydrogen-bond donors (Lipinski definition) is 3. The van der Waals surface area contributed by atoms with Crippen LogP contribution in [-0.4, -0.2) is 60.6 Å². The van der Waals surface area contributed by atoms with Gasteiger partial charge >= 0.3 is 0 Å². The van der Waals surface area contributed by atoms with Crippen molar-refractivity contribution in [1.82, 2.24) is 15.5 Å². The van der Waals surface area contributed by atoms with Crippen molar-refractivity contribution in [2.24, 2.45) is 0 Å². The lowest BCUT2D eigenvalue weighted by Gasteiger charge is -2.23. The molecule has 1 heterocycles. The molecule has 0 aliphatic carbocycles. The number of nitrogens with zero attached hydrogens (tertiary/aromatic N) is 1. The Morgan fingerprint density at radius 1 is 1.41 bits per heavy atom. The van der Waals surface area contributed by atoms with Gasteiger partial charge in [-0.05, 0) is 39.3 Å². The fourth-order valence-electron chi connectivity index (χ4n) is 3.25. The number of hydrogen-bond acceptors (Lipinski definition) is 5. The lowest BCUT2D eigenvalue weighted by molar-refractivity contribution is -0.125. The Labute approximate surface area is 160 Å². The molecular weight excluding hydrogens is 346 g/mol. The number of phenols is 1. The third-order valence-corrected chi connectivity index (χ3v) is 4.79. The first kappa shape index (κ1) is 20.8. The molecule has 1 aliphatic heterocycles. The van der Waals surface area contributed by atoms with Crippen LogP contribution in [0, 0.1) is 0 Å². The molecule has 1 fully saturated rings. The van der Waals surface area contributed by atoms with E-state index in [9.17, 15) is 14.7 Å². The standard InChI is InChI=1S/C20H29N3O4/c1-5-13(3)11-23-12-14(9-17(23)20(26)21-6-2)22-19(25)16-8-7-15(27-4)10-18(16)24/h5,7-8,10,14,17,24H,6,9,11-12H2,1-4H3,(H,21,26)(H,22,25)/t14-,17-/m0/s1. The highest BCUT2D eigenvalue weighted by molar-refractivity contribution is 5.97. The Morgan fingerprint density at radius 2 is 2.15 bits per heavy atom. The monoisotopic (exact) mass is 375 g/mol. The SMILES string of the molecule is CC=C(C)CN1C[C@@H](NC(=O)c2ccc(OC)cc2O)C[C@H]1C(=O)NCC. The number of likely N-dealkylation sites (N-methyl/N-ethyl adjacent to an activating group) is 1. The van der Waals surface area contributed by atoms with E-state index in [0.717, 1.165) is 0 Å². The highest BCUT2D eigenvalue weighted by Crippen LogP contribution is 2.25. The maximum Gasteiger partial charge on any atom is 0.255 e. The lowest BCUT2D eigenvalue weighted by Crippen LogP contribution is -2.43. The molecule has 7 heteroatoms. The number of carbonyl (C=O) groups excluding carboxylic acids is 2. The van der Waals surface area contributed by atoms with Crippen molar-refractivity contribution in [3.8, 4) is 11.5 Å². The molecule has 27 heavy (non-hydrogen) atoms. The number of ether oxygens (including phenoxy) is 1. The zero-order valence-corrected chi connectivity index (χ0v) is 16.4. The van der Waals surface area contributed by atoms with Gasteiger partial charge < -0.3 is 20.5 Å². The predicted octanol–water partition coefficient (Wildman–Crippen LogP) is 1.68. The molecule has 1 aliphatic rings. The molecular formula is C20H29N3O4. The van der Waals surface area contributed by atoms with E-state index >= 15 is 0 Å². The van der Waals surface area contributed by atoms with Crippen LogP contribution in [0.5, 0.6) is 11.5 Å². The Morgan fingerprint density at radius 3 is 2.74 bits per heavy atom. The topological polar surface area (TPSA) is 90.9 Å². The van der Waals surface area contributed by atoms with Gasteiger partial charge in [0.1, 0.15) is 11.5 Å². The van der Waals surface area contributed by atoms with E-state index in [-0.39, 0.29) is 35.2 Å². The number of aromatic hydroxyl groups is 1. The van der Waals surface area contributed by atoms with Gasteiger partial charge in [0.15, 0.2) is 0 Å². The maximum absolute atomic E-state index is 12.6. The Bertz CT molecular complexity index is 717. The highest BCUT2D eigenvalue weighted by atomic mass is 16.5. The van der Waals surface area contributed by atoms with Crippen LogP contribution < -0.4 is 15.4 Å². The second-order valence-corrected chi connectivity index (χ2v) is 6.76. The molecule has 0 saturated carbocycles. The number of phenolic OH excluding ortho intramolecular Hbond substituents is 1. The zero-order chi connectivity index (χ0) is 20.0. The van der Waals surface area contributed by atoms with Gasteiger partial charge in [-0.25, -0.2) is 0 Å². The van der Waals surface area contributed by atoms with Gasteiger partial charge in [0.2, 0.25) is 5.91 Å². The van der Waals surface area contributed by atoms with Crippen LogP contribution in [0.15, 0.2) is 29.8 Å². The summed E-state index contributed by atoms with van der Waals surface area (Å²) in [6, 6.07) is 4.11. The first-order valence-electron chi connectivity index (χ1n) is 9.21. The second kappa shape index (κ2) is 9.41. The molecule has 1 aromatic carbocycles. The van der Waals surface area contributed by atoms with Gasteiger partial charge in [-0.2, -0.15) is 0 Å². The average Bonchev–Trinajstić information content (AvgIpc) is 3.03. The minimum Gasteiger partial charge on any atom is -0.507 e. The number of likely N-dealkylation sites (tertiary alicyclic amines) is 1. The summed E-state index contributed by atoms with van der Waals surface area (Å²) in [7, 11) is 1.50. The molecule has 0 aromatic heterocycles. The molecule has 2 amide bonds. The van der Waals surface area contributed by atoms with E-state index in [4.69, 9.17) is 4.74 Å². The molecule has 2 rings (SSSR count). The summed E-state index contributed by atoms with van der Waals surface area (Å²) in [5.74, 6) is -0.0363. The molecule has 1 aromatic rings. The van der Waals surface area contributed by atoms with Crippen molar-refractivity contribution in [2.75, 3.05) is 26.7 Å². The smallest absolute Gasteiger partial charge is 0.255 e. The van der Waals surface area contributed by atoms with Gasteiger partial charge in [-0.3, -0.25) is 14.5 Å². The number of methoxy groups -OCH3 is 1. The van der Waals surface area contributed by atoms with E-state index in [1.54, 1.807) is 6.07 Å². The second-order valence-electron chi connectivity index (χ2n) is 6.76. The van der Waals surface area contributed by atoms with Crippen LogP contribution in [0.4, 0.5) is 0 Å². The van der Waals surface area contributed by atoms with Crippen molar-refractivity contribution in [3.05, 3.63) is 35.4 Å². The lowest BCUT2D eigenvalue weighted by atomic mass is 10.1. The molecule has 1 saturated heterocycles. The van der Waals surface area contributed by atoms with Gasteiger partial charge in [-0.15, -0.1) is 0 Å². The fourth-order valence-corrected chi connectivity index (χ4v) is 3.25. The van der Waals surface area contributed by atoms with Gasteiger partial charge in [0.05, 0.1) is 18.7 Å². The summed E-state index contributed by atoms with van der Waals surface area (Å²) < 4.78 is 5.04. The Hall–Kier alpha value is -2.54. The van der Waals surface area contributed by atoms with Crippen LogP contribution in [0.2, 0.25) is 0 Å². The fraction of sp³-hybridized carbons (Fsp3) is 0.500. The minimum absolute atomic E-state index is 0.0227. The zero-order valence-electron chi connectivity index (χ0n) is 16.4. The van der Waals surface area contributed by atoms with Crippen molar-refractivity contribution < 1.29 is 19.4 Å². The molecule has 7 nitrogen and oxygen atoms in total. The normalized spacial score (nSPS) is 20.4. The van der Waals surface area contributed by atoms with Crippen LogP contribution >= 0.6 is 0 Å². The molecule has 0 bridgehead atoms. The van der Waals surface area contributed by atoms with Crippen LogP contribution in [0.3, 0.4) is 0 Å². The average molecular weight is 375 g/mol. The summed E-state index contributed by atoms with van der Waals surface area (Å²) in [4.78, 5) is 27.1. The molecule has 148 valence electrons. The minimum atomic E-state index is -0.362. The molecule has 0 unspecified atom stereocenters. The van der Waals surface area contributed by atoms with Crippen LogP contribution in [-0.2, 0) is 4.79 Å². The van der Waals surface area contributed by atoms with Crippen molar-refractivity contribution in [1.29, 1.82) is 0 Å². The van der Waals surface area contributed by atoms with E-state index in [0.29, 0.717) is 31.8 Å². The number of carbonyl (C=O) groups is 2. The van der Waals surface area contributed by atoms with E-state index < -0.39 is 0 Å². The Kier molecular flexibility index (Phi) is 7.24. The largest absolute Gasteiger partial charge is 0.507 e. The summed E-state index contributed by atoms with van der Waals surface area (Å²) in [6.45, 7) is 7.71. The Balaban J connectivity index is 2.09. The van der Waals surface area contributed by atoms with Crippen molar-refractivity contribution in [3.63, 3.8) is 0 Å². The summed E-state index contributed by atoms with van der Waals surface area (Å²) in [5, 5.41) is 15.9. The first-order valence-corrected chi connectivity index (χ1v) is 9.21. The van der Waals surface area contributed by atoms with Crippen molar-refractivity contribution in [2.45, 2.75) is 39.3 Å². The number of rotatable bonds is 7. The number of nitrogens with one attached hydrogen (secondary N) is 2. The predicted molar refractivity (Wildman–Crippen MR) is 104 cm³/mol. The van der Waals surface area contributed by atoms with E-state index in [1.165, 1.54) is 24.8 Å². The van der Waals surface area contributed by atoms with Gasteiger partial charge in [0.25, 0.3) is 5.91 Å². The summed E-state index contributed by atoms with van der Waals surface area (Å²) in [6.07, 6.45) is 2.56. The van der Waals surface area contributed by atoms with E-state index in [1.807, 2.05) is 26.8 Å². The molecule has 2 atom stereocenters. The first-order chi connectivity index (χ1) is 12.9. The third-order valence-electron chi connectivity index (χ3n) is 4.79. The van der Waals surface area contributed by atoms with Crippen molar-refractivity contribution >= 4 is 11.8 Å². The number of allylic oxidation sites excluding steroid dienone is 1. The molecule has 0 radical (unpaired) electrons. The van der Waals surface area contributed by atoms with Gasteiger partial charge in [0, 0.05) is 31.7 Å². The summed E-state index contributed by atoms with van der Waals surface area (Å²) in [5.41, 5.74) is 1.36. The quantitative estimate of drug-likeness (QED) is 0.631. The van der Waals surface area contributed by atoms with Gasteiger partial charge in [-0.1, -0.05) is 11.6 Å². The summed E-state index contributed by atoms with van der Waals surface area (Å²) >= 11 is 0. The number of benzene rings is 1. The van der Waals surface area contributed by atoms with Crippen LogP contribution in [0.1, 0.15) is 37.6 Å². The number of amides is 2.